The number of hydrogen-bond acceptors (Lipinski definition) is 5. The van der Waals surface area contributed by atoms with E-state index in [1.807, 2.05) is 85.8 Å². The van der Waals surface area contributed by atoms with Crippen molar-refractivity contribution in [2.24, 2.45) is 0 Å². The lowest BCUT2D eigenvalue weighted by Crippen LogP contribution is -2.31. The van der Waals surface area contributed by atoms with Gasteiger partial charge in [-0.1, -0.05) is 54.1 Å². The number of anilines is 2. The van der Waals surface area contributed by atoms with Crippen LogP contribution >= 0.6 is 11.6 Å². The average molecular weight is 472 g/mol. The van der Waals surface area contributed by atoms with E-state index >= 15 is 0 Å². The normalized spacial score (nSPS) is 14.8. The number of amides is 1. The number of nitrogens with zero attached hydrogens (tertiary/aromatic N) is 3. The van der Waals surface area contributed by atoms with Crippen LogP contribution in [0.2, 0.25) is 5.02 Å². The summed E-state index contributed by atoms with van der Waals surface area (Å²) in [4.78, 5) is 17.6. The largest absolute Gasteiger partial charge is 0.489 e. The van der Waals surface area contributed by atoms with Crippen molar-refractivity contribution in [3.63, 3.8) is 0 Å². The van der Waals surface area contributed by atoms with Gasteiger partial charge in [0.2, 0.25) is 5.95 Å². The van der Waals surface area contributed by atoms with Gasteiger partial charge >= 0.3 is 0 Å². The summed E-state index contributed by atoms with van der Waals surface area (Å²) in [6.45, 7) is 2.30. The van der Waals surface area contributed by atoms with E-state index in [-0.39, 0.29) is 5.91 Å². The molecule has 0 spiro atoms. The van der Waals surface area contributed by atoms with Crippen LogP contribution in [0.3, 0.4) is 0 Å². The van der Waals surface area contributed by atoms with E-state index in [4.69, 9.17) is 16.3 Å². The lowest BCUT2D eigenvalue weighted by Gasteiger charge is -2.28. The Kier molecular flexibility index (Phi) is 6.01. The van der Waals surface area contributed by atoms with Crippen molar-refractivity contribution in [2.45, 2.75) is 19.6 Å². The number of benzene rings is 3. The summed E-state index contributed by atoms with van der Waals surface area (Å²) in [5, 5.41) is 11.2. The molecule has 1 aromatic heterocycles. The molecule has 7 nitrogen and oxygen atoms in total. The van der Waals surface area contributed by atoms with Gasteiger partial charge in [-0.15, -0.1) is 0 Å². The fourth-order valence-corrected chi connectivity index (χ4v) is 4.03. The number of aromatic nitrogens is 3. The molecule has 3 aromatic carbocycles. The van der Waals surface area contributed by atoms with Gasteiger partial charge in [0.25, 0.3) is 5.91 Å². The zero-order valence-corrected chi connectivity index (χ0v) is 19.2. The maximum Gasteiger partial charge on any atom is 0.255 e. The van der Waals surface area contributed by atoms with E-state index < -0.39 is 6.04 Å². The van der Waals surface area contributed by atoms with Crippen LogP contribution in [0.25, 0.3) is 0 Å². The molecule has 1 amide bonds. The molecule has 170 valence electrons. The molecule has 2 heterocycles. The number of hydrogen-bond donors (Lipinski definition) is 2. The molecule has 5 rings (SSSR count). The number of fused-ring (bicyclic) bond motifs is 1. The number of rotatable bonds is 6. The second-order valence-electron chi connectivity index (χ2n) is 7.90. The summed E-state index contributed by atoms with van der Waals surface area (Å²) < 4.78 is 7.64. The molecule has 0 unspecified atom stereocenters. The predicted molar refractivity (Wildman–Crippen MR) is 132 cm³/mol. The zero-order chi connectivity index (χ0) is 23.5. The fourth-order valence-electron chi connectivity index (χ4n) is 3.91. The summed E-state index contributed by atoms with van der Waals surface area (Å²) in [6.07, 6.45) is 1.48. The lowest BCUT2D eigenvalue weighted by atomic mass is 9.95. The summed E-state index contributed by atoms with van der Waals surface area (Å²) in [7, 11) is 0. The average Bonchev–Trinajstić information content (AvgIpc) is 3.32. The molecule has 0 bridgehead atoms. The molecule has 1 aliphatic rings. The predicted octanol–water partition coefficient (Wildman–Crippen LogP) is 5.44. The molecule has 0 aliphatic carbocycles. The summed E-state index contributed by atoms with van der Waals surface area (Å²) in [5.74, 6) is 1.11. The smallest absolute Gasteiger partial charge is 0.255 e. The van der Waals surface area contributed by atoms with Crippen LogP contribution in [0.5, 0.6) is 5.75 Å². The van der Waals surface area contributed by atoms with Crippen molar-refractivity contribution in [1.29, 1.82) is 0 Å². The van der Waals surface area contributed by atoms with Gasteiger partial charge in [-0.3, -0.25) is 4.79 Å². The fraction of sp³-hybridized carbons (Fsp3) is 0.115. The topological polar surface area (TPSA) is 81.1 Å². The van der Waals surface area contributed by atoms with Crippen molar-refractivity contribution in [3.05, 3.63) is 113 Å². The van der Waals surface area contributed by atoms with E-state index in [9.17, 15) is 4.79 Å². The first-order chi connectivity index (χ1) is 16.6. The number of halogens is 1. The van der Waals surface area contributed by atoms with Crippen LogP contribution in [0.4, 0.5) is 11.6 Å². The molecule has 2 N–H and O–H groups in total. The van der Waals surface area contributed by atoms with Crippen molar-refractivity contribution in [2.75, 3.05) is 10.6 Å². The second-order valence-corrected chi connectivity index (χ2v) is 8.34. The Morgan fingerprint density at radius 3 is 2.53 bits per heavy atom. The minimum Gasteiger partial charge on any atom is -0.489 e. The van der Waals surface area contributed by atoms with E-state index in [2.05, 4.69) is 20.7 Å². The first-order valence-electron chi connectivity index (χ1n) is 10.8. The number of para-hydroxylation sites is 1. The minimum atomic E-state index is -0.437. The highest BCUT2D eigenvalue weighted by Crippen LogP contribution is 2.35. The first kappa shape index (κ1) is 21.7. The molecule has 1 aliphatic heterocycles. The lowest BCUT2D eigenvalue weighted by molar-refractivity contribution is -0.113. The quantitative estimate of drug-likeness (QED) is 0.391. The third-order valence-electron chi connectivity index (χ3n) is 5.59. The minimum absolute atomic E-state index is 0.203. The number of ether oxygens (including phenoxy) is 1. The standard InChI is InChI=1S/C26H22ClN5O2/c1-17-23(25(33)31-21-5-3-2-4-6-21)24(32-26(30-17)28-16-29-32)19-9-13-22(14-10-19)34-15-18-7-11-20(27)12-8-18/h2-14,16,24H,15H2,1H3,(H,31,33)(H,28,29,30)/t24-/m1/s1. The van der Waals surface area contributed by atoms with Gasteiger partial charge in [-0.05, 0) is 54.4 Å². The van der Waals surface area contributed by atoms with Crippen LogP contribution in [0.1, 0.15) is 24.1 Å². The highest BCUT2D eigenvalue weighted by molar-refractivity contribution is 6.30. The Balaban J connectivity index is 1.40. The van der Waals surface area contributed by atoms with Gasteiger partial charge in [0.05, 0.1) is 5.57 Å². The Hall–Kier alpha value is -4.10. The van der Waals surface area contributed by atoms with Gasteiger partial charge in [0.1, 0.15) is 24.7 Å². The zero-order valence-electron chi connectivity index (χ0n) is 18.4. The molecule has 0 saturated carbocycles. The van der Waals surface area contributed by atoms with E-state index in [1.54, 1.807) is 4.68 Å². The maximum atomic E-state index is 13.3. The molecular weight excluding hydrogens is 450 g/mol. The first-order valence-corrected chi connectivity index (χ1v) is 11.2. The van der Waals surface area contributed by atoms with Crippen LogP contribution in [0, 0.1) is 0 Å². The van der Waals surface area contributed by atoms with Crippen molar-refractivity contribution < 1.29 is 9.53 Å². The summed E-state index contributed by atoms with van der Waals surface area (Å²) >= 11 is 5.95. The molecule has 1 atom stereocenters. The van der Waals surface area contributed by atoms with Gasteiger partial charge < -0.3 is 15.4 Å². The van der Waals surface area contributed by atoms with Crippen LogP contribution in [0.15, 0.2) is 96.5 Å². The third-order valence-corrected chi connectivity index (χ3v) is 5.84. The van der Waals surface area contributed by atoms with E-state index in [0.717, 1.165) is 28.3 Å². The molecule has 4 aromatic rings. The monoisotopic (exact) mass is 471 g/mol. The molecule has 0 saturated heterocycles. The van der Waals surface area contributed by atoms with Gasteiger partial charge in [0.15, 0.2) is 0 Å². The maximum absolute atomic E-state index is 13.3. The van der Waals surface area contributed by atoms with Gasteiger partial charge in [-0.25, -0.2) is 4.68 Å². The van der Waals surface area contributed by atoms with Crippen molar-refractivity contribution >= 4 is 29.1 Å². The second kappa shape index (κ2) is 9.41. The molecular formula is C26H22ClN5O2. The number of nitrogens with one attached hydrogen (secondary N) is 2. The van der Waals surface area contributed by atoms with E-state index in [1.165, 1.54) is 6.33 Å². The summed E-state index contributed by atoms with van der Waals surface area (Å²) in [6, 6.07) is 24.2. The SMILES string of the molecule is CC1=C(C(=O)Nc2ccccc2)[C@@H](c2ccc(OCc3ccc(Cl)cc3)cc2)n2ncnc2N1. The van der Waals surface area contributed by atoms with E-state index in [0.29, 0.717) is 23.2 Å². The van der Waals surface area contributed by atoms with Crippen molar-refractivity contribution in [3.8, 4) is 5.75 Å². The third kappa shape index (κ3) is 4.51. The number of carbonyl (C=O) groups excluding carboxylic acids is 1. The Labute approximate surface area is 202 Å². The van der Waals surface area contributed by atoms with Crippen LogP contribution in [-0.2, 0) is 11.4 Å². The summed E-state index contributed by atoms with van der Waals surface area (Å²) in [5.41, 5.74) is 3.93. The van der Waals surface area contributed by atoms with Gasteiger partial charge in [-0.2, -0.15) is 10.1 Å². The molecule has 0 fully saturated rings. The Morgan fingerprint density at radius 2 is 1.79 bits per heavy atom. The molecule has 34 heavy (non-hydrogen) atoms. The highest BCUT2D eigenvalue weighted by Gasteiger charge is 2.33. The number of allylic oxidation sites excluding steroid dienone is 1. The molecule has 8 heteroatoms. The highest BCUT2D eigenvalue weighted by atomic mass is 35.5. The van der Waals surface area contributed by atoms with Crippen LogP contribution in [-0.4, -0.2) is 20.7 Å². The van der Waals surface area contributed by atoms with Crippen LogP contribution < -0.4 is 15.4 Å². The Bertz CT molecular complexity index is 1330. The van der Waals surface area contributed by atoms with Crippen molar-refractivity contribution in [1.82, 2.24) is 14.8 Å². The Morgan fingerprint density at radius 1 is 1.06 bits per heavy atom. The number of carbonyl (C=O) groups is 1. The molecule has 0 radical (unpaired) electrons. The van der Waals surface area contributed by atoms with Gasteiger partial charge in [0, 0.05) is 16.4 Å².